The molecule has 3 atom stereocenters. The SMILES string of the molecule is C#CC1=C(CCCN(C(C)CC)C(C)c2ccccc2)CC(C)(c2ccccc2)C(c2ccccc2)=C1. The van der Waals surface area contributed by atoms with E-state index in [2.05, 4.69) is 136 Å². The first-order valence-electron chi connectivity index (χ1n) is 13.8. The quantitative estimate of drug-likeness (QED) is 0.258. The van der Waals surface area contributed by atoms with Crippen molar-refractivity contribution in [3.05, 3.63) is 125 Å². The highest BCUT2D eigenvalue weighted by Crippen LogP contribution is 2.48. The molecule has 1 aliphatic carbocycles. The first-order chi connectivity index (χ1) is 18.0. The summed E-state index contributed by atoms with van der Waals surface area (Å²) < 4.78 is 0. The molecule has 1 nitrogen and oxygen atoms in total. The minimum Gasteiger partial charge on any atom is -0.294 e. The molecule has 190 valence electrons. The second-order valence-corrected chi connectivity index (χ2v) is 10.6. The molecule has 3 aromatic rings. The molecule has 0 radical (unpaired) electrons. The van der Waals surface area contributed by atoms with Gasteiger partial charge in [-0.25, -0.2) is 0 Å². The molecule has 0 aromatic heterocycles. The summed E-state index contributed by atoms with van der Waals surface area (Å²) in [4.78, 5) is 2.66. The highest BCUT2D eigenvalue weighted by atomic mass is 15.2. The monoisotopic (exact) mass is 487 g/mol. The predicted molar refractivity (Wildman–Crippen MR) is 159 cm³/mol. The smallest absolute Gasteiger partial charge is 0.0322 e. The van der Waals surface area contributed by atoms with Gasteiger partial charge >= 0.3 is 0 Å². The highest BCUT2D eigenvalue weighted by Gasteiger charge is 2.36. The van der Waals surface area contributed by atoms with Gasteiger partial charge in [-0.2, -0.15) is 0 Å². The molecule has 0 saturated heterocycles. The fourth-order valence-electron chi connectivity index (χ4n) is 5.90. The summed E-state index contributed by atoms with van der Waals surface area (Å²) in [5.74, 6) is 3.05. The Morgan fingerprint density at radius 2 is 1.49 bits per heavy atom. The van der Waals surface area contributed by atoms with Crippen molar-refractivity contribution in [1.82, 2.24) is 4.90 Å². The molecule has 0 bridgehead atoms. The van der Waals surface area contributed by atoms with E-state index in [9.17, 15) is 0 Å². The fraction of sp³-hybridized carbons (Fsp3) is 0.333. The van der Waals surface area contributed by atoms with Crippen molar-refractivity contribution in [3.63, 3.8) is 0 Å². The van der Waals surface area contributed by atoms with Crippen LogP contribution in [0.3, 0.4) is 0 Å². The van der Waals surface area contributed by atoms with Crippen LogP contribution < -0.4 is 0 Å². The third-order valence-corrected chi connectivity index (χ3v) is 8.31. The van der Waals surface area contributed by atoms with Gasteiger partial charge in [0.1, 0.15) is 0 Å². The third-order valence-electron chi connectivity index (χ3n) is 8.31. The number of nitrogens with zero attached hydrogens (tertiary/aromatic N) is 1. The van der Waals surface area contributed by atoms with E-state index in [-0.39, 0.29) is 5.41 Å². The van der Waals surface area contributed by atoms with E-state index in [0.29, 0.717) is 12.1 Å². The maximum Gasteiger partial charge on any atom is 0.0322 e. The first kappa shape index (κ1) is 26.7. The summed E-state index contributed by atoms with van der Waals surface area (Å²) in [7, 11) is 0. The molecular weight excluding hydrogens is 446 g/mol. The minimum absolute atomic E-state index is 0.119. The van der Waals surface area contributed by atoms with Gasteiger partial charge in [0.05, 0.1) is 0 Å². The molecule has 1 aliphatic rings. The average molecular weight is 488 g/mol. The number of benzene rings is 3. The summed E-state index contributed by atoms with van der Waals surface area (Å²) in [6.45, 7) is 10.4. The Kier molecular flexibility index (Phi) is 8.86. The number of rotatable bonds is 10. The summed E-state index contributed by atoms with van der Waals surface area (Å²) >= 11 is 0. The second-order valence-electron chi connectivity index (χ2n) is 10.6. The number of terminal acetylenes is 1. The zero-order valence-electron chi connectivity index (χ0n) is 23.0. The Labute approximate surface area is 224 Å². The first-order valence-corrected chi connectivity index (χ1v) is 13.8. The lowest BCUT2D eigenvalue weighted by atomic mass is 9.65. The van der Waals surface area contributed by atoms with Crippen molar-refractivity contribution in [2.24, 2.45) is 0 Å². The van der Waals surface area contributed by atoms with Crippen molar-refractivity contribution >= 4 is 5.57 Å². The van der Waals surface area contributed by atoms with Gasteiger partial charge in [0.15, 0.2) is 0 Å². The van der Waals surface area contributed by atoms with Crippen LogP contribution in [0.25, 0.3) is 5.57 Å². The molecule has 37 heavy (non-hydrogen) atoms. The zero-order chi connectivity index (χ0) is 26.3. The summed E-state index contributed by atoms with van der Waals surface area (Å²) in [5.41, 5.74) is 7.65. The Balaban J connectivity index is 1.61. The van der Waals surface area contributed by atoms with Gasteiger partial charge in [-0.3, -0.25) is 4.90 Å². The standard InChI is InChI=1S/C36H41N/c1-6-28(3)37(29(4)31-18-11-8-12-19-31)25-17-22-33-27-36(5,34-23-15-10-16-24-34)35(26-30(33)7-2)32-20-13-9-14-21-32/h2,8-16,18-21,23-24,26,28-29H,6,17,22,25,27H2,1,3-5H3. The Bertz CT molecular complexity index is 1250. The fourth-order valence-corrected chi connectivity index (χ4v) is 5.90. The highest BCUT2D eigenvalue weighted by molar-refractivity contribution is 5.80. The molecule has 0 amide bonds. The van der Waals surface area contributed by atoms with E-state index in [1.165, 1.54) is 27.8 Å². The molecule has 0 fully saturated rings. The van der Waals surface area contributed by atoms with Gasteiger partial charge in [0.2, 0.25) is 0 Å². The van der Waals surface area contributed by atoms with Crippen LogP contribution in [0.2, 0.25) is 0 Å². The number of hydrogen-bond donors (Lipinski definition) is 0. The van der Waals surface area contributed by atoms with Crippen molar-refractivity contribution in [2.45, 2.75) is 70.9 Å². The lowest BCUT2D eigenvalue weighted by molar-refractivity contribution is 0.148. The maximum atomic E-state index is 6.12. The van der Waals surface area contributed by atoms with Crippen LogP contribution in [0.1, 0.15) is 76.1 Å². The van der Waals surface area contributed by atoms with Gasteiger partial charge in [-0.1, -0.05) is 116 Å². The van der Waals surface area contributed by atoms with Crippen LogP contribution in [-0.2, 0) is 5.41 Å². The third kappa shape index (κ3) is 5.98. The van der Waals surface area contributed by atoms with Crippen LogP contribution in [0.4, 0.5) is 0 Å². The van der Waals surface area contributed by atoms with E-state index in [1.807, 2.05) is 0 Å². The van der Waals surface area contributed by atoms with E-state index in [0.717, 1.165) is 37.8 Å². The molecule has 0 spiro atoms. The molecule has 0 N–H and O–H groups in total. The summed E-state index contributed by atoms with van der Waals surface area (Å²) in [5, 5.41) is 0. The van der Waals surface area contributed by atoms with Crippen LogP contribution in [0, 0.1) is 12.3 Å². The maximum absolute atomic E-state index is 6.12. The zero-order valence-corrected chi connectivity index (χ0v) is 23.0. The number of hydrogen-bond acceptors (Lipinski definition) is 1. The van der Waals surface area contributed by atoms with Crippen molar-refractivity contribution < 1.29 is 0 Å². The number of allylic oxidation sites excluding steroid dienone is 4. The second kappa shape index (κ2) is 12.3. The van der Waals surface area contributed by atoms with Crippen LogP contribution in [-0.4, -0.2) is 17.5 Å². The van der Waals surface area contributed by atoms with Crippen molar-refractivity contribution in [1.29, 1.82) is 0 Å². The van der Waals surface area contributed by atoms with E-state index in [1.54, 1.807) is 0 Å². The molecule has 0 heterocycles. The molecule has 0 saturated carbocycles. The van der Waals surface area contributed by atoms with Gasteiger partial charge in [0.25, 0.3) is 0 Å². The van der Waals surface area contributed by atoms with Crippen LogP contribution in [0.5, 0.6) is 0 Å². The molecule has 1 heteroatoms. The van der Waals surface area contributed by atoms with Gasteiger partial charge < -0.3 is 0 Å². The molecule has 3 aromatic carbocycles. The molecular formula is C36H41N. The normalized spacial score (nSPS) is 19.3. The molecule has 3 unspecified atom stereocenters. The predicted octanol–water partition coefficient (Wildman–Crippen LogP) is 9.00. The minimum atomic E-state index is -0.119. The van der Waals surface area contributed by atoms with Crippen molar-refractivity contribution in [2.75, 3.05) is 6.54 Å². The topological polar surface area (TPSA) is 3.24 Å². The summed E-state index contributed by atoms with van der Waals surface area (Å²) in [6, 6.07) is 33.5. The van der Waals surface area contributed by atoms with Crippen molar-refractivity contribution in [3.8, 4) is 12.3 Å². The van der Waals surface area contributed by atoms with Crippen LogP contribution in [0.15, 0.2) is 108 Å². The van der Waals surface area contributed by atoms with E-state index >= 15 is 0 Å². The lowest BCUT2D eigenvalue weighted by Gasteiger charge is -2.38. The Hall–Kier alpha value is -3.34. The van der Waals surface area contributed by atoms with E-state index < -0.39 is 0 Å². The lowest BCUT2D eigenvalue weighted by Crippen LogP contribution is -2.36. The molecule has 0 aliphatic heterocycles. The van der Waals surface area contributed by atoms with Crippen LogP contribution >= 0.6 is 0 Å². The van der Waals surface area contributed by atoms with Gasteiger partial charge in [-0.05, 0) is 74.4 Å². The molecule has 4 rings (SSSR count). The Morgan fingerprint density at radius 1 is 0.892 bits per heavy atom. The average Bonchev–Trinajstić information content (AvgIpc) is 2.96. The largest absolute Gasteiger partial charge is 0.294 e. The van der Waals surface area contributed by atoms with E-state index in [4.69, 9.17) is 6.42 Å². The van der Waals surface area contributed by atoms with Gasteiger partial charge in [-0.15, -0.1) is 6.42 Å². The Morgan fingerprint density at radius 3 is 2.08 bits per heavy atom. The summed E-state index contributed by atoms with van der Waals surface area (Å²) in [6.07, 6.45) is 12.6. The van der Waals surface area contributed by atoms with Gasteiger partial charge in [0, 0.05) is 23.1 Å².